The Labute approximate surface area is 151 Å². The maximum atomic E-state index is 12.4. The summed E-state index contributed by atoms with van der Waals surface area (Å²) in [6.07, 6.45) is 0.616. The Morgan fingerprint density at radius 1 is 1.00 bits per heavy atom. The zero-order valence-electron chi connectivity index (χ0n) is 13.9. The van der Waals surface area contributed by atoms with E-state index in [1.54, 1.807) is 30.3 Å². The van der Waals surface area contributed by atoms with Gasteiger partial charge in [0.1, 0.15) is 0 Å². The Balaban J connectivity index is 1.39. The van der Waals surface area contributed by atoms with Crippen molar-refractivity contribution in [3.8, 4) is 11.5 Å². The largest absolute Gasteiger partial charge is 0.454 e. The van der Waals surface area contributed by atoms with Gasteiger partial charge < -0.3 is 20.1 Å². The molecule has 0 bridgehead atoms. The van der Waals surface area contributed by atoms with Gasteiger partial charge in [0.2, 0.25) is 6.79 Å². The Kier molecular flexibility index (Phi) is 4.20. The molecule has 2 aliphatic heterocycles. The molecule has 1 amide bonds. The van der Waals surface area contributed by atoms with Crippen LogP contribution in [0.2, 0.25) is 0 Å². The van der Waals surface area contributed by atoms with E-state index in [2.05, 4.69) is 10.6 Å². The molecule has 2 aromatic rings. The lowest BCUT2D eigenvalue weighted by molar-refractivity contribution is 0.102. The molecular formula is C18H18N2O5S. The standard InChI is InChI=1S/C18H18N2O5S/c21-18(12-1-6-16-17(9-12)25-11-24-16)20-14-4-2-13(3-5-14)19-15-7-8-26(22,23)10-15/h1-6,9,15,19H,7-8,10-11H2,(H,20,21). The van der Waals surface area contributed by atoms with Crippen molar-refractivity contribution in [1.29, 1.82) is 0 Å². The van der Waals surface area contributed by atoms with Gasteiger partial charge in [0.05, 0.1) is 11.5 Å². The zero-order chi connectivity index (χ0) is 18.1. The van der Waals surface area contributed by atoms with Crippen LogP contribution in [0, 0.1) is 0 Å². The highest BCUT2D eigenvalue weighted by molar-refractivity contribution is 7.91. The SMILES string of the molecule is O=C(Nc1ccc(NC2CCS(=O)(=O)C2)cc1)c1ccc2c(c1)OCO2. The third-order valence-electron chi connectivity index (χ3n) is 4.38. The molecule has 0 aromatic heterocycles. The topological polar surface area (TPSA) is 93.7 Å². The van der Waals surface area contributed by atoms with Gasteiger partial charge in [-0.05, 0) is 48.9 Å². The molecule has 0 saturated carbocycles. The van der Waals surface area contributed by atoms with Crippen molar-refractivity contribution in [3.63, 3.8) is 0 Å². The van der Waals surface area contributed by atoms with E-state index in [0.717, 1.165) is 5.69 Å². The van der Waals surface area contributed by atoms with Crippen LogP contribution in [0.1, 0.15) is 16.8 Å². The number of hydrogen-bond acceptors (Lipinski definition) is 6. The molecule has 2 aliphatic rings. The molecule has 4 rings (SSSR count). The van der Waals surface area contributed by atoms with Gasteiger partial charge in [0.25, 0.3) is 5.91 Å². The van der Waals surface area contributed by atoms with Gasteiger partial charge in [-0.3, -0.25) is 4.79 Å². The fourth-order valence-electron chi connectivity index (χ4n) is 3.04. The number of carbonyl (C=O) groups is 1. The number of ether oxygens (including phenoxy) is 2. The van der Waals surface area contributed by atoms with Gasteiger partial charge in [-0.15, -0.1) is 0 Å². The van der Waals surface area contributed by atoms with E-state index in [-0.39, 0.29) is 30.2 Å². The molecule has 1 atom stereocenters. The molecule has 2 heterocycles. The predicted octanol–water partition coefficient (Wildman–Crippen LogP) is 2.27. The van der Waals surface area contributed by atoms with Crippen molar-refractivity contribution >= 4 is 27.1 Å². The highest BCUT2D eigenvalue weighted by Crippen LogP contribution is 2.32. The lowest BCUT2D eigenvalue weighted by Crippen LogP contribution is -2.20. The van der Waals surface area contributed by atoms with Crippen LogP contribution < -0.4 is 20.1 Å². The van der Waals surface area contributed by atoms with Gasteiger partial charge in [0.15, 0.2) is 21.3 Å². The summed E-state index contributed by atoms with van der Waals surface area (Å²) < 4.78 is 33.5. The molecule has 0 spiro atoms. The number of nitrogens with one attached hydrogen (secondary N) is 2. The summed E-state index contributed by atoms with van der Waals surface area (Å²) in [6.45, 7) is 0.164. The second-order valence-corrected chi connectivity index (χ2v) is 8.57. The number of fused-ring (bicyclic) bond motifs is 1. The number of amides is 1. The van der Waals surface area contributed by atoms with Crippen LogP contribution in [-0.4, -0.2) is 38.7 Å². The third-order valence-corrected chi connectivity index (χ3v) is 6.15. The highest BCUT2D eigenvalue weighted by Gasteiger charge is 2.27. The first-order chi connectivity index (χ1) is 12.5. The fourth-order valence-corrected chi connectivity index (χ4v) is 4.71. The van der Waals surface area contributed by atoms with E-state index in [1.165, 1.54) is 0 Å². The average Bonchev–Trinajstić information content (AvgIpc) is 3.21. The summed E-state index contributed by atoms with van der Waals surface area (Å²) in [5, 5.41) is 6.04. The lowest BCUT2D eigenvalue weighted by atomic mass is 10.1. The van der Waals surface area contributed by atoms with Crippen molar-refractivity contribution in [2.75, 3.05) is 28.9 Å². The Hall–Kier alpha value is -2.74. The van der Waals surface area contributed by atoms with E-state index >= 15 is 0 Å². The number of sulfone groups is 1. The van der Waals surface area contributed by atoms with E-state index < -0.39 is 9.84 Å². The smallest absolute Gasteiger partial charge is 0.255 e. The molecule has 0 aliphatic carbocycles. The minimum absolute atomic E-state index is 0.0610. The van der Waals surface area contributed by atoms with Crippen LogP contribution >= 0.6 is 0 Å². The monoisotopic (exact) mass is 374 g/mol. The normalized spacial score (nSPS) is 19.9. The van der Waals surface area contributed by atoms with Crippen molar-refractivity contribution in [2.24, 2.45) is 0 Å². The van der Waals surface area contributed by atoms with Crippen LogP contribution in [0.4, 0.5) is 11.4 Å². The van der Waals surface area contributed by atoms with Crippen molar-refractivity contribution in [2.45, 2.75) is 12.5 Å². The summed E-state index contributed by atoms with van der Waals surface area (Å²) in [4.78, 5) is 12.4. The number of hydrogen-bond donors (Lipinski definition) is 2. The second kappa shape index (κ2) is 6.53. The predicted molar refractivity (Wildman–Crippen MR) is 97.6 cm³/mol. The van der Waals surface area contributed by atoms with Crippen LogP contribution in [0.5, 0.6) is 11.5 Å². The first kappa shape index (κ1) is 16.7. The summed E-state index contributed by atoms with van der Waals surface area (Å²) in [5.74, 6) is 1.34. The molecule has 0 radical (unpaired) electrons. The van der Waals surface area contributed by atoms with Crippen LogP contribution in [0.15, 0.2) is 42.5 Å². The van der Waals surface area contributed by atoms with Crippen LogP contribution in [-0.2, 0) is 9.84 Å². The van der Waals surface area contributed by atoms with Gasteiger partial charge >= 0.3 is 0 Å². The minimum atomic E-state index is -2.91. The molecule has 1 fully saturated rings. The van der Waals surface area contributed by atoms with Gasteiger partial charge in [-0.25, -0.2) is 8.42 Å². The minimum Gasteiger partial charge on any atom is -0.454 e. The highest BCUT2D eigenvalue weighted by atomic mass is 32.2. The van der Waals surface area contributed by atoms with Gasteiger partial charge in [-0.2, -0.15) is 0 Å². The number of rotatable bonds is 4. The molecule has 7 nitrogen and oxygen atoms in total. The Bertz CT molecular complexity index is 941. The van der Waals surface area contributed by atoms with Gasteiger partial charge in [0, 0.05) is 23.0 Å². The summed E-state index contributed by atoms with van der Waals surface area (Å²) in [7, 11) is -2.91. The van der Waals surface area contributed by atoms with E-state index in [9.17, 15) is 13.2 Å². The molecule has 1 unspecified atom stereocenters. The maximum absolute atomic E-state index is 12.4. The molecule has 1 saturated heterocycles. The Morgan fingerprint density at radius 2 is 1.73 bits per heavy atom. The number of benzene rings is 2. The van der Waals surface area contributed by atoms with Gasteiger partial charge in [-0.1, -0.05) is 0 Å². The molecule has 8 heteroatoms. The quantitative estimate of drug-likeness (QED) is 0.853. The summed E-state index contributed by atoms with van der Waals surface area (Å²) >= 11 is 0. The molecule has 26 heavy (non-hydrogen) atoms. The third kappa shape index (κ3) is 3.60. The number of carbonyl (C=O) groups excluding carboxylic acids is 1. The van der Waals surface area contributed by atoms with Crippen molar-refractivity contribution < 1.29 is 22.7 Å². The van der Waals surface area contributed by atoms with Crippen molar-refractivity contribution in [1.82, 2.24) is 0 Å². The molecular weight excluding hydrogens is 356 g/mol. The van der Waals surface area contributed by atoms with E-state index in [4.69, 9.17) is 9.47 Å². The average molecular weight is 374 g/mol. The lowest BCUT2D eigenvalue weighted by Gasteiger charge is -2.13. The molecule has 2 aromatic carbocycles. The fraction of sp³-hybridized carbons (Fsp3) is 0.278. The number of anilines is 2. The zero-order valence-corrected chi connectivity index (χ0v) is 14.7. The maximum Gasteiger partial charge on any atom is 0.255 e. The molecule has 136 valence electrons. The van der Waals surface area contributed by atoms with Crippen LogP contribution in [0.25, 0.3) is 0 Å². The van der Waals surface area contributed by atoms with E-state index in [0.29, 0.717) is 29.2 Å². The van der Waals surface area contributed by atoms with Crippen LogP contribution in [0.3, 0.4) is 0 Å². The second-order valence-electron chi connectivity index (χ2n) is 6.34. The summed E-state index contributed by atoms with van der Waals surface area (Å²) in [6, 6.07) is 12.2. The van der Waals surface area contributed by atoms with E-state index in [1.807, 2.05) is 12.1 Å². The first-order valence-electron chi connectivity index (χ1n) is 8.26. The summed E-state index contributed by atoms with van der Waals surface area (Å²) in [5.41, 5.74) is 1.96. The Morgan fingerprint density at radius 3 is 2.46 bits per heavy atom. The first-order valence-corrected chi connectivity index (χ1v) is 10.1. The molecule has 2 N–H and O–H groups in total. The van der Waals surface area contributed by atoms with Crippen molar-refractivity contribution in [3.05, 3.63) is 48.0 Å².